The predicted molar refractivity (Wildman–Crippen MR) is 272 cm³/mol. The Hall–Kier alpha value is -5.77. The van der Waals surface area contributed by atoms with Crippen LogP contribution < -0.4 is 31.5 Å². The lowest BCUT2D eigenvalue weighted by Gasteiger charge is -2.28. The molecule has 15 heteroatoms. The zero-order valence-electron chi connectivity index (χ0n) is 37.6. The fourth-order valence-corrected chi connectivity index (χ4v) is 9.56. The van der Waals surface area contributed by atoms with E-state index in [0.29, 0.717) is 42.1 Å². The number of nitrogens with two attached hydrogens (primary N) is 1. The molecule has 5 aliphatic rings. The van der Waals surface area contributed by atoms with E-state index in [1.165, 1.54) is 17.4 Å². The molecule has 12 nitrogen and oxygen atoms in total. The summed E-state index contributed by atoms with van der Waals surface area (Å²) in [5.41, 5.74) is 17.8. The van der Waals surface area contributed by atoms with Crippen molar-refractivity contribution in [2.45, 2.75) is 67.3 Å². The van der Waals surface area contributed by atoms with Crippen LogP contribution in [0.1, 0.15) is 48.9 Å². The van der Waals surface area contributed by atoms with Gasteiger partial charge in [-0.1, -0.05) is 55.6 Å². The third-order valence-electron chi connectivity index (χ3n) is 11.0. The maximum Gasteiger partial charge on any atom is 0.228 e. The molecule has 6 aromatic rings. The van der Waals surface area contributed by atoms with Gasteiger partial charge in [0.15, 0.2) is 0 Å². The van der Waals surface area contributed by atoms with Crippen LogP contribution in [0.2, 0.25) is 5.02 Å². The number of nitrogen functional groups attached to an aromatic ring is 1. The van der Waals surface area contributed by atoms with Crippen LogP contribution in [-0.2, 0) is 4.74 Å². The third-order valence-corrected chi connectivity index (χ3v) is 13.8. The summed E-state index contributed by atoms with van der Waals surface area (Å²) in [7, 11) is 0. The quantitative estimate of drug-likeness (QED) is 0.0691. The van der Waals surface area contributed by atoms with Crippen molar-refractivity contribution >= 4 is 86.7 Å². The van der Waals surface area contributed by atoms with E-state index in [-0.39, 0.29) is 6.61 Å². The number of allylic oxidation sites excluding steroid dienone is 2. The first-order valence-electron chi connectivity index (χ1n) is 21.9. The highest BCUT2D eigenvalue weighted by Crippen LogP contribution is 2.41. The average molecular weight is 930 g/mol. The first-order chi connectivity index (χ1) is 31.6. The van der Waals surface area contributed by atoms with Crippen LogP contribution in [0.5, 0.6) is 0 Å². The van der Waals surface area contributed by atoms with E-state index in [1.807, 2.05) is 102 Å². The first kappa shape index (κ1) is 47.2. The number of morpholine rings is 1. The number of aliphatic hydroxyl groups is 1. The fraction of sp³-hybridized carbons (Fsp3) is 0.280. The third kappa shape index (κ3) is 11.7. The minimum absolute atomic E-state index is 0.0168. The largest absolute Gasteiger partial charge is 0.398 e. The smallest absolute Gasteiger partial charge is 0.228 e. The number of halogens is 1. The molecule has 0 spiro atoms. The number of ether oxygens (including phenoxy) is 1. The Morgan fingerprint density at radius 2 is 1.65 bits per heavy atom. The molecule has 338 valence electrons. The normalized spacial score (nSPS) is 15.4. The number of rotatable bonds is 9. The number of aromatic nitrogens is 4. The molecule has 0 saturated carbocycles. The Balaban J connectivity index is 0.00000311. The summed E-state index contributed by atoms with van der Waals surface area (Å²) in [5.74, 6) is 1.01. The first-order valence-corrected chi connectivity index (χ1v) is 23.9. The highest BCUT2D eigenvalue weighted by molar-refractivity contribution is 7.99. The average Bonchev–Trinajstić information content (AvgIpc) is 3.33. The van der Waals surface area contributed by atoms with Gasteiger partial charge in [0.05, 0.1) is 24.8 Å². The molecule has 7 heterocycles. The summed E-state index contributed by atoms with van der Waals surface area (Å²) in [5, 5.41) is 22.8. The van der Waals surface area contributed by atoms with Gasteiger partial charge in [-0.05, 0) is 130 Å². The van der Waals surface area contributed by atoms with Crippen molar-refractivity contribution in [1.82, 2.24) is 19.9 Å². The molecule has 1 saturated heterocycles. The molecule has 0 amide bonds. The molecule has 2 aromatic heterocycles. The molecule has 6 bridgehead atoms. The number of aliphatic hydroxyl groups excluding tert-OH is 1. The highest BCUT2D eigenvalue weighted by atomic mass is 35.5. The number of anilines is 8. The van der Waals surface area contributed by atoms with E-state index in [2.05, 4.69) is 72.6 Å². The van der Waals surface area contributed by atoms with E-state index in [1.54, 1.807) is 11.8 Å². The van der Waals surface area contributed by atoms with Crippen LogP contribution in [-0.4, -0.2) is 71.0 Å². The van der Waals surface area contributed by atoms with Crippen molar-refractivity contribution in [3.05, 3.63) is 137 Å². The van der Waals surface area contributed by atoms with Gasteiger partial charge in [0.2, 0.25) is 11.9 Å². The molecule has 0 unspecified atom stereocenters. The van der Waals surface area contributed by atoms with Gasteiger partial charge in [0.1, 0.15) is 10.1 Å². The topological polar surface area (TPSA) is 150 Å². The lowest BCUT2D eigenvalue weighted by molar-refractivity contribution is 0.122. The molecular weight excluding hydrogens is 872 g/mol. The Morgan fingerprint density at radius 1 is 0.908 bits per heavy atom. The van der Waals surface area contributed by atoms with Crippen LogP contribution in [0.3, 0.4) is 0 Å². The lowest BCUT2D eigenvalue weighted by atomic mass is 9.96. The van der Waals surface area contributed by atoms with Crippen LogP contribution in [0.15, 0.2) is 129 Å². The molecule has 65 heavy (non-hydrogen) atoms. The maximum atomic E-state index is 10.1. The molecular formula is C50H57ClN10O2S2. The molecule has 4 aromatic carbocycles. The van der Waals surface area contributed by atoms with E-state index in [0.717, 1.165) is 109 Å². The summed E-state index contributed by atoms with van der Waals surface area (Å²) in [6, 6.07) is 26.6. The Morgan fingerprint density at radius 3 is 2.38 bits per heavy atom. The number of hydrogen-bond acceptors (Lipinski definition) is 14. The van der Waals surface area contributed by atoms with Crippen molar-refractivity contribution < 1.29 is 9.84 Å². The second-order valence-electron chi connectivity index (χ2n) is 15.3. The molecule has 6 N–H and O–H groups in total. The van der Waals surface area contributed by atoms with Gasteiger partial charge < -0.3 is 41.3 Å². The van der Waals surface area contributed by atoms with Crippen LogP contribution in [0, 0.1) is 20.8 Å². The summed E-state index contributed by atoms with van der Waals surface area (Å²) < 4.78 is 5.52. The summed E-state index contributed by atoms with van der Waals surface area (Å²) in [4.78, 5) is 25.3. The van der Waals surface area contributed by atoms with Gasteiger partial charge in [0, 0.05) is 105 Å². The van der Waals surface area contributed by atoms with Crippen LogP contribution in [0.4, 0.5) is 46.0 Å². The standard InChI is InChI=1S/C48H51ClN10O2S2.C2H6/c1-5-41-38(39-27-37(16-17-40(39)50)62-45-30(2)28-51-47(56-45)53-34-10-14-36(15-11-34)59-22-25-61-26-23-59)7-6-20-58(21-24-60)35-12-8-33(9-13-35)54-48-52-29-31(3)46(57-48)63-43-19-18-42(55-41)32(4)44(43)49;1-2/h5,8-19,27-29,55,60H,1,6-7,20-26,50H2,2-4H3,(H,51,53,56)(H,52,54,57);1-2H3/b41-38+;. The number of nitrogens with zero attached hydrogens (tertiary/aromatic N) is 6. The van der Waals surface area contributed by atoms with Crippen LogP contribution in [0.25, 0.3) is 5.57 Å². The second kappa shape index (κ2) is 22.4. The summed E-state index contributed by atoms with van der Waals surface area (Å²) >= 11 is 10.2. The minimum atomic E-state index is 0.0168. The van der Waals surface area contributed by atoms with Gasteiger partial charge in [-0.2, -0.15) is 0 Å². The molecule has 0 aliphatic carbocycles. The SMILES string of the molecule is C=C/C1=C(\c2cc(Sc3nc(Nc4ccc(N5CCOCC5)cc4)ncc3C)ccc2N)CCCN(CCO)c2ccc(cc2)Nc2ncc(C)c(n2)Sc2ccc(c(C)c2Cl)N1.CC. The number of aryl methyl sites for hydroxylation is 2. The maximum absolute atomic E-state index is 10.1. The van der Waals surface area contributed by atoms with Crippen molar-refractivity contribution in [2.24, 2.45) is 0 Å². The summed E-state index contributed by atoms with van der Waals surface area (Å²) in [6.45, 7) is 18.7. The van der Waals surface area contributed by atoms with Crippen molar-refractivity contribution in [1.29, 1.82) is 0 Å². The Bertz CT molecular complexity index is 2620. The van der Waals surface area contributed by atoms with Crippen molar-refractivity contribution in [3.63, 3.8) is 0 Å². The van der Waals surface area contributed by atoms with E-state index < -0.39 is 0 Å². The predicted octanol–water partition coefficient (Wildman–Crippen LogP) is 11.7. The Labute approximate surface area is 396 Å². The van der Waals surface area contributed by atoms with E-state index in [4.69, 9.17) is 32.0 Å². The number of benzene rings is 4. The van der Waals surface area contributed by atoms with Gasteiger partial charge in [-0.15, -0.1) is 0 Å². The van der Waals surface area contributed by atoms with E-state index in [9.17, 15) is 5.11 Å². The fourth-order valence-electron chi connectivity index (χ4n) is 7.47. The molecule has 0 radical (unpaired) electrons. The van der Waals surface area contributed by atoms with Crippen molar-refractivity contribution in [2.75, 3.05) is 77.5 Å². The Kier molecular flexibility index (Phi) is 16.3. The molecule has 0 atom stereocenters. The minimum Gasteiger partial charge on any atom is -0.398 e. The molecule has 11 rings (SSSR count). The van der Waals surface area contributed by atoms with Gasteiger partial charge in [-0.3, -0.25) is 0 Å². The monoisotopic (exact) mass is 928 g/mol. The number of hydrogen-bond donors (Lipinski definition) is 5. The zero-order chi connectivity index (χ0) is 45.9. The highest BCUT2D eigenvalue weighted by Gasteiger charge is 2.19. The zero-order valence-corrected chi connectivity index (χ0v) is 40.0. The second-order valence-corrected chi connectivity index (χ2v) is 17.8. The number of nitrogens with one attached hydrogen (secondary N) is 3. The van der Waals surface area contributed by atoms with Crippen LogP contribution >= 0.6 is 35.1 Å². The van der Waals surface area contributed by atoms with E-state index >= 15 is 0 Å². The lowest BCUT2D eigenvalue weighted by Crippen LogP contribution is -2.36. The van der Waals surface area contributed by atoms with Gasteiger partial charge in [0.25, 0.3) is 0 Å². The van der Waals surface area contributed by atoms with Crippen molar-refractivity contribution in [3.8, 4) is 0 Å². The molecule has 5 aliphatic heterocycles. The van der Waals surface area contributed by atoms with Gasteiger partial charge >= 0.3 is 0 Å². The summed E-state index contributed by atoms with van der Waals surface area (Å²) in [6.07, 6.45) is 6.93. The van der Waals surface area contributed by atoms with Gasteiger partial charge in [-0.25, -0.2) is 19.9 Å². The molecule has 1 fully saturated rings.